The molecule has 1 saturated heterocycles. The fourth-order valence-electron chi connectivity index (χ4n) is 4.19. The Morgan fingerprint density at radius 1 is 1.10 bits per heavy atom. The molecule has 3 amide bonds. The van der Waals surface area contributed by atoms with E-state index in [9.17, 15) is 14.4 Å². The fraction of sp³-hybridized carbons (Fsp3) is 0.375. The average molecular weight is 558 g/mol. The van der Waals surface area contributed by atoms with E-state index < -0.39 is 11.1 Å². The van der Waals surface area contributed by atoms with Gasteiger partial charge in [0.05, 0.1) is 37.3 Å². The van der Waals surface area contributed by atoms with Crippen LogP contribution in [0.5, 0.6) is 5.75 Å². The molecule has 2 fully saturated rings. The first-order valence-electron chi connectivity index (χ1n) is 13.3. The van der Waals surface area contributed by atoms with Gasteiger partial charge in [-0.1, -0.05) is 11.2 Å². The largest absolute Gasteiger partial charge is 0.494 e. The number of para-hydroxylation sites is 1. The van der Waals surface area contributed by atoms with Crippen LogP contribution in [-0.4, -0.2) is 105 Å². The SMILES string of the molecule is BC(B)(B)NC(=O)c1nnc(NC(=O)C2CC2)cc1Nc1cccc(-c2noc(C(=O)N3CCOCC3)n2)c1OC. The molecule has 2 aromatic heterocycles. The summed E-state index contributed by atoms with van der Waals surface area (Å²) < 4.78 is 16.3. The van der Waals surface area contributed by atoms with Crippen molar-refractivity contribution in [1.82, 2.24) is 30.6 Å². The van der Waals surface area contributed by atoms with Crippen LogP contribution in [0.1, 0.15) is 34.0 Å². The Hall–Kier alpha value is -4.40. The summed E-state index contributed by atoms with van der Waals surface area (Å²) >= 11 is 0. The van der Waals surface area contributed by atoms with Crippen LogP contribution in [0.15, 0.2) is 28.8 Å². The number of rotatable bonds is 9. The molecule has 41 heavy (non-hydrogen) atoms. The first-order valence-corrected chi connectivity index (χ1v) is 13.3. The lowest BCUT2D eigenvalue weighted by molar-refractivity contribution is -0.117. The smallest absolute Gasteiger partial charge is 0.316 e. The lowest BCUT2D eigenvalue weighted by Gasteiger charge is -2.25. The number of carbonyl (C=O) groups is 3. The second kappa shape index (κ2) is 11.6. The molecule has 1 aliphatic heterocycles. The molecular weight excluding hydrogens is 529 g/mol. The van der Waals surface area contributed by atoms with Crippen molar-refractivity contribution in [2.24, 2.45) is 5.92 Å². The van der Waals surface area contributed by atoms with Crippen LogP contribution in [-0.2, 0) is 9.53 Å². The lowest BCUT2D eigenvalue weighted by Crippen LogP contribution is -2.50. The monoisotopic (exact) mass is 558 g/mol. The summed E-state index contributed by atoms with van der Waals surface area (Å²) in [7, 11) is 7.03. The van der Waals surface area contributed by atoms with E-state index in [1.807, 2.05) is 23.5 Å². The molecule has 0 radical (unpaired) electrons. The van der Waals surface area contributed by atoms with Gasteiger partial charge in [0, 0.05) is 25.1 Å². The topological polar surface area (TPSA) is 174 Å². The summed E-state index contributed by atoms with van der Waals surface area (Å²) in [4.78, 5) is 44.2. The van der Waals surface area contributed by atoms with Gasteiger partial charge in [0.25, 0.3) is 5.91 Å². The number of methoxy groups -OCH3 is 1. The minimum Gasteiger partial charge on any atom is -0.494 e. The van der Waals surface area contributed by atoms with Crippen molar-refractivity contribution in [2.45, 2.75) is 18.1 Å². The third kappa shape index (κ3) is 6.68. The van der Waals surface area contributed by atoms with Crippen molar-refractivity contribution in [1.29, 1.82) is 0 Å². The van der Waals surface area contributed by atoms with Gasteiger partial charge in [-0.15, -0.1) is 10.2 Å². The maximum Gasteiger partial charge on any atom is 0.316 e. The third-order valence-corrected chi connectivity index (χ3v) is 6.33. The molecule has 0 unspecified atom stereocenters. The number of benzene rings is 1. The Kier molecular flexibility index (Phi) is 7.97. The zero-order valence-electron chi connectivity index (χ0n) is 23.3. The molecule has 1 saturated carbocycles. The number of carbonyl (C=O) groups excluding carboxylic acids is 3. The summed E-state index contributed by atoms with van der Waals surface area (Å²) in [5.74, 6) is -0.459. The second-order valence-corrected chi connectivity index (χ2v) is 10.8. The number of ether oxygens (including phenoxy) is 2. The molecule has 2 aliphatic rings. The van der Waals surface area contributed by atoms with E-state index in [-0.39, 0.29) is 41.0 Å². The summed E-state index contributed by atoms with van der Waals surface area (Å²) in [6, 6.07) is 6.73. The van der Waals surface area contributed by atoms with E-state index in [0.29, 0.717) is 49.0 Å². The van der Waals surface area contributed by atoms with Crippen LogP contribution in [0.4, 0.5) is 17.2 Å². The van der Waals surface area contributed by atoms with Crippen LogP contribution >= 0.6 is 0 Å². The predicted molar refractivity (Wildman–Crippen MR) is 156 cm³/mol. The van der Waals surface area contributed by atoms with Crippen molar-refractivity contribution in [3.63, 3.8) is 0 Å². The highest BCUT2D eigenvalue weighted by atomic mass is 16.5. The number of hydrogen-bond donors (Lipinski definition) is 3. The standard InChI is InChI=1S/C24H29B3N8O6/c1-39-18-13(19-30-22(41-34-19)23(38)35-7-9-40-10-8-35)3-2-4-14(18)28-15-11-16(29-20(36)12-5-6-12)32-33-17(15)21(37)31-24(25,26)27/h2-4,11-12H,5-10,25-27H2,1H3,(H,31,37)(H2,28,29,32,36). The van der Waals surface area contributed by atoms with Crippen LogP contribution in [0, 0.1) is 5.92 Å². The summed E-state index contributed by atoms with van der Waals surface area (Å²) in [5.41, 5.74) is 1.22. The molecule has 210 valence electrons. The van der Waals surface area contributed by atoms with Crippen LogP contribution < -0.4 is 20.7 Å². The Morgan fingerprint density at radius 2 is 1.85 bits per heavy atom. The molecule has 5 rings (SSSR count). The van der Waals surface area contributed by atoms with Gasteiger partial charge in [-0.25, -0.2) is 0 Å². The van der Waals surface area contributed by atoms with Gasteiger partial charge < -0.3 is 34.8 Å². The number of anilines is 3. The maximum atomic E-state index is 13.1. The summed E-state index contributed by atoms with van der Waals surface area (Å²) in [6.07, 6.45) is 1.66. The Morgan fingerprint density at radius 3 is 2.54 bits per heavy atom. The number of hydrogen-bond acceptors (Lipinski definition) is 11. The van der Waals surface area contributed by atoms with E-state index in [1.165, 1.54) is 7.11 Å². The minimum absolute atomic E-state index is 0.0229. The zero-order valence-corrected chi connectivity index (χ0v) is 23.3. The Bertz CT molecular complexity index is 1470. The quantitative estimate of drug-likeness (QED) is 0.257. The molecule has 17 heteroatoms. The highest BCUT2D eigenvalue weighted by Crippen LogP contribution is 2.37. The van der Waals surface area contributed by atoms with Gasteiger partial charge in [-0.05, 0) is 30.2 Å². The second-order valence-electron chi connectivity index (χ2n) is 10.8. The van der Waals surface area contributed by atoms with Crippen LogP contribution in [0.3, 0.4) is 0 Å². The fourth-order valence-corrected chi connectivity index (χ4v) is 4.19. The normalized spacial score (nSPS) is 15.2. The summed E-state index contributed by atoms with van der Waals surface area (Å²) in [5, 5.41) is 20.5. The number of amides is 3. The number of morpholine rings is 1. The number of nitrogens with one attached hydrogen (secondary N) is 3. The highest BCUT2D eigenvalue weighted by molar-refractivity contribution is 6.60. The molecule has 14 nitrogen and oxygen atoms in total. The van der Waals surface area contributed by atoms with E-state index in [0.717, 1.165) is 12.8 Å². The predicted octanol–water partition coefficient (Wildman–Crippen LogP) is -1.66. The molecule has 0 spiro atoms. The number of nitrogens with zero attached hydrogens (tertiary/aromatic N) is 5. The van der Waals surface area contributed by atoms with Gasteiger partial charge in [0.1, 0.15) is 23.5 Å². The molecule has 0 atom stereocenters. The zero-order chi connectivity index (χ0) is 29.1. The van der Waals surface area contributed by atoms with Gasteiger partial charge >= 0.3 is 11.8 Å². The van der Waals surface area contributed by atoms with E-state index >= 15 is 0 Å². The first kappa shape index (κ1) is 28.1. The minimum atomic E-state index is -0.526. The van der Waals surface area contributed by atoms with E-state index in [4.69, 9.17) is 14.0 Å². The van der Waals surface area contributed by atoms with E-state index in [2.05, 4.69) is 36.3 Å². The van der Waals surface area contributed by atoms with Crippen molar-refractivity contribution in [2.75, 3.05) is 44.0 Å². The van der Waals surface area contributed by atoms with Crippen molar-refractivity contribution in [3.05, 3.63) is 35.9 Å². The Labute approximate surface area is 238 Å². The molecule has 0 bridgehead atoms. The van der Waals surface area contributed by atoms with Crippen LogP contribution in [0.25, 0.3) is 11.4 Å². The average Bonchev–Trinajstić information content (AvgIpc) is 3.69. The molecule has 1 aromatic carbocycles. The van der Waals surface area contributed by atoms with Crippen molar-refractivity contribution in [3.8, 4) is 17.1 Å². The van der Waals surface area contributed by atoms with Gasteiger partial charge in [-0.3, -0.25) is 14.4 Å². The van der Waals surface area contributed by atoms with Gasteiger partial charge in [0.2, 0.25) is 11.7 Å². The molecule has 3 aromatic rings. The highest BCUT2D eigenvalue weighted by Gasteiger charge is 2.31. The molecule has 1 aliphatic carbocycles. The molecule has 3 heterocycles. The van der Waals surface area contributed by atoms with Crippen molar-refractivity contribution >= 4 is 58.5 Å². The van der Waals surface area contributed by atoms with E-state index in [1.54, 1.807) is 29.2 Å². The Balaban J connectivity index is 1.46. The van der Waals surface area contributed by atoms with Crippen molar-refractivity contribution < 1.29 is 28.4 Å². The first-order chi connectivity index (χ1) is 19.6. The maximum absolute atomic E-state index is 13.1. The van der Waals surface area contributed by atoms with Crippen LogP contribution in [0.2, 0.25) is 0 Å². The molecular formula is C24H29B3N8O6. The van der Waals surface area contributed by atoms with Gasteiger partial charge in [0.15, 0.2) is 17.3 Å². The lowest BCUT2D eigenvalue weighted by atomic mass is 9.49. The number of aromatic nitrogens is 4. The molecule has 3 N–H and O–H groups in total. The van der Waals surface area contributed by atoms with Gasteiger partial charge in [-0.2, -0.15) is 4.98 Å². The third-order valence-electron chi connectivity index (χ3n) is 6.33. The summed E-state index contributed by atoms with van der Waals surface area (Å²) in [6.45, 7) is 1.76.